The molecule has 214 valence electrons. The lowest BCUT2D eigenvalue weighted by atomic mass is 9.69. The molecule has 4 rings (SSSR count). The average Bonchev–Trinajstić information content (AvgIpc) is 3.35. The van der Waals surface area contributed by atoms with Crippen LogP contribution in [0.25, 0.3) is 0 Å². The number of aryl methyl sites for hydroxylation is 3. The third-order valence-corrected chi connectivity index (χ3v) is 7.43. The number of esters is 2. The van der Waals surface area contributed by atoms with Gasteiger partial charge in [0.2, 0.25) is 0 Å². The Hall–Kier alpha value is -4.32. The maximum atomic E-state index is 11.6. The van der Waals surface area contributed by atoms with Gasteiger partial charge in [-0.2, -0.15) is 0 Å². The quantitative estimate of drug-likeness (QED) is 0.143. The fraction of sp³-hybridized carbons (Fsp3) is 0.314. The van der Waals surface area contributed by atoms with Gasteiger partial charge < -0.3 is 18.9 Å². The standard InChI is InChI=1S/C35H38O6/c1-23(2)33(36)40-19-17-38-31-13-11-28(21-25(31)5)35(16-15-27-9-7-8-10-30(27)35)29-12-14-32(26(6)22-29)39-18-20-41-34(37)24(3)4/h7-14,21-22H,1,3,15-20H2,2,4-6H3. The van der Waals surface area contributed by atoms with Gasteiger partial charge in [-0.15, -0.1) is 0 Å². The van der Waals surface area contributed by atoms with E-state index in [4.69, 9.17) is 18.9 Å². The molecule has 0 N–H and O–H groups in total. The van der Waals surface area contributed by atoms with Gasteiger partial charge in [-0.3, -0.25) is 0 Å². The molecular formula is C35H38O6. The number of carbonyl (C=O) groups excluding carboxylic acids is 2. The van der Waals surface area contributed by atoms with Gasteiger partial charge in [-0.25, -0.2) is 9.59 Å². The normalized spacial score (nSPS) is 13.2. The van der Waals surface area contributed by atoms with Crippen LogP contribution in [0.4, 0.5) is 0 Å². The van der Waals surface area contributed by atoms with Gasteiger partial charge in [0.25, 0.3) is 0 Å². The highest BCUT2D eigenvalue weighted by Gasteiger charge is 2.42. The molecule has 0 heterocycles. The Morgan fingerprint density at radius 3 is 1.68 bits per heavy atom. The number of fused-ring (bicyclic) bond motifs is 1. The molecule has 6 heteroatoms. The summed E-state index contributed by atoms with van der Waals surface area (Å²) in [6, 6.07) is 21.3. The van der Waals surface area contributed by atoms with Gasteiger partial charge in [0.1, 0.15) is 37.9 Å². The fourth-order valence-electron chi connectivity index (χ4n) is 5.35. The van der Waals surface area contributed by atoms with Gasteiger partial charge >= 0.3 is 11.9 Å². The number of ether oxygens (including phenoxy) is 4. The minimum atomic E-state index is -0.416. The van der Waals surface area contributed by atoms with Crippen LogP contribution in [0.5, 0.6) is 11.5 Å². The molecule has 0 saturated carbocycles. The van der Waals surface area contributed by atoms with Crippen LogP contribution in [0.3, 0.4) is 0 Å². The third-order valence-electron chi connectivity index (χ3n) is 7.43. The third kappa shape index (κ3) is 6.54. The molecule has 3 aromatic rings. The number of carbonyl (C=O) groups is 2. The van der Waals surface area contributed by atoms with Crippen LogP contribution < -0.4 is 9.47 Å². The fourth-order valence-corrected chi connectivity index (χ4v) is 5.35. The molecule has 0 aromatic heterocycles. The molecule has 6 nitrogen and oxygen atoms in total. The summed E-state index contributed by atoms with van der Waals surface area (Å²) in [6.07, 6.45) is 1.92. The first-order valence-electron chi connectivity index (χ1n) is 13.8. The highest BCUT2D eigenvalue weighted by molar-refractivity contribution is 5.87. The first-order valence-corrected chi connectivity index (χ1v) is 13.8. The zero-order valence-electron chi connectivity index (χ0n) is 24.4. The molecule has 0 aliphatic heterocycles. The van der Waals surface area contributed by atoms with Gasteiger partial charge in [-0.05, 0) is 86.1 Å². The van der Waals surface area contributed by atoms with Crippen molar-refractivity contribution in [2.75, 3.05) is 26.4 Å². The Balaban J connectivity index is 1.58. The SMILES string of the molecule is C=C(C)C(=O)OCCOc1ccc(C2(c3ccc(OCCOC(=O)C(=C)C)c(C)c3)CCc3ccccc32)cc1C. The molecule has 1 aliphatic carbocycles. The Bertz CT molecular complexity index is 1380. The van der Waals surface area contributed by atoms with Crippen molar-refractivity contribution in [1.29, 1.82) is 0 Å². The first kappa shape index (κ1) is 29.7. The monoisotopic (exact) mass is 554 g/mol. The Morgan fingerprint density at radius 1 is 0.732 bits per heavy atom. The van der Waals surface area contributed by atoms with Gasteiger partial charge in [0.15, 0.2) is 0 Å². The van der Waals surface area contributed by atoms with Crippen molar-refractivity contribution in [2.24, 2.45) is 0 Å². The van der Waals surface area contributed by atoms with Crippen molar-refractivity contribution < 1.29 is 28.5 Å². The van der Waals surface area contributed by atoms with E-state index in [2.05, 4.69) is 61.7 Å². The summed E-state index contributed by atoms with van der Waals surface area (Å²) in [5.41, 5.74) is 7.48. The molecule has 3 aromatic carbocycles. The van der Waals surface area contributed by atoms with E-state index in [1.807, 2.05) is 26.0 Å². The lowest BCUT2D eigenvalue weighted by Gasteiger charge is -2.33. The smallest absolute Gasteiger partial charge is 0.333 e. The lowest BCUT2D eigenvalue weighted by Crippen LogP contribution is -2.27. The van der Waals surface area contributed by atoms with E-state index in [0.29, 0.717) is 11.1 Å². The van der Waals surface area contributed by atoms with Crippen molar-refractivity contribution in [3.8, 4) is 11.5 Å². The Labute approximate surface area is 242 Å². The van der Waals surface area contributed by atoms with E-state index in [0.717, 1.165) is 35.5 Å². The van der Waals surface area contributed by atoms with Gasteiger partial charge in [0.05, 0.1) is 0 Å². The highest BCUT2D eigenvalue weighted by atomic mass is 16.6. The summed E-state index contributed by atoms with van der Waals surface area (Å²) in [5.74, 6) is 0.684. The predicted octanol–water partition coefficient (Wildman–Crippen LogP) is 6.58. The van der Waals surface area contributed by atoms with E-state index in [1.54, 1.807) is 13.8 Å². The minimum Gasteiger partial charge on any atom is -0.490 e. The number of benzene rings is 3. The minimum absolute atomic E-state index is 0.161. The zero-order valence-corrected chi connectivity index (χ0v) is 24.4. The van der Waals surface area contributed by atoms with Crippen LogP contribution >= 0.6 is 0 Å². The number of hydrogen-bond donors (Lipinski definition) is 0. The molecule has 1 aliphatic rings. The zero-order chi connectivity index (χ0) is 29.6. The second-order valence-corrected chi connectivity index (χ2v) is 10.6. The van der Waals surface area contributed by atoms with Crippen LogP contribution in [0.2, 0.25) is 0 Å². The van der Waals surface area contributed by atoms with Crippen LogP contribution in [0.15, 0.2) is 85.0 Å². The predicted molar refractivity (Wildman–Crippen MR) is 160 cm³/mol. The average molecular weight is 555 g/mol. The van der Waals surface area contributed by atoms with Crippen LogP contribution in [-0.4, -0.2) is 38.4 Å². The summed E-state index contributed by atoms with van der Waals surface area (Å²) in [5, 5.41) is 0. The molecule has 0 bridgehead atoms. The summed E-state index contributed by atoms with van der Waals surface area (Å²) in [4.78, 5) is 23.3. The Kier molecular flexibility index (Phi) is 9.33. The van der Waals surface area contributed by atoms with E-state index in [1.165, 1.54) is 22.3 Å². The van der Waals surface area contributed by atoms with E-state index >= 15 is 0 Å². The molecule has 0 spiro atoms. The number of hydrogen-bond acceptors (Lipinski definition) is 6. The van der Waals surface area contributed by atoms with E-state index in [-0.39, 0.29) is 31.8 Å². The Morgan fingerprint density at radius 2 is 1.22 bits per heavy atom. The second kappa shape index (κ2) is 12.9. The van der Waals surface area contributed by atoms with Crippen molar-refractivity contribution in [1.82, 2.24) is 0 Å². The summed E-state index contributed by atoms with van der Waals surface area (Å²) < 4.78 is 22.2. The van der Waals surface area contributed by atoms with Gasteiger partial charge in [0, 0.05) is 16.6 Å². The molecule has 0 amide bonds. The summed E-state index contributed by atoms with van der Waals surface area (Å²) in [6.45, 7) is 15.4. The molecule has 0 atom stereocenters. The second-order valence-electron chi connectivity index (χ2n) is 10.6. The summed E-state index contributed by atoms with van der Waals surface area (Å²) >= 11 is 0. The van der Waals surface area contributed by atoms with E-state index in [9.17, 15) is 9.59 Å². The topological polar surface area (TPSA) is 71.1 Å². The van der Waals surface area contributed by atoms with Crippen molar-refractivity contribution >= 4 is 11.9 Å². The molecule has 0 fully saturated rings. The molecule has 0 saturated heterocycles. The summed E-state index contributed by atoms with van der Waals surface area (Å²) in [7, 11) is 0. The van der Waals surface area contributed by atoms with Gasteiger partial charge in [-0.1, -0.05) is 61.7 Å². The molecular weight excluding hydrogens is 516 g/mol. The maximum Gasteiger partial charge on any atom is 0.333 e. The highest BCUT2D eigenvalue weighted by Crippen LogP contribution is 2.50. The first-order chi connectivity index (χ1) is 19.6. The van der Waals surface area contributed by atoms with Crippen molar-refractivity contribution in [2.45, 2.75) is 46.0 Å². The molecule has 0 unspecified atom stereocenters. The largest absolute Gasteiger partial charge is 0.490 e. The van der Waals surface area contributed by atoms with Crippen LogP contribution in [0, 0.1) is 13.8 Å². The number of rotatable bonds is 12. The molecule has 0 radical (unpaired) electrons. The van der Waals surface area contributed by atoms with Crippen LogP contribution in [-0.2, 0) is 30.9 Å². The van der Waals surface area contributed by atoms with E-state index < -0.39 is 11.9 Å². The van der Waals surface area contributed by atoms with Crippen LogP contribution in [0.1, 0.15) is 53.6 Å². The van der Waals surface area contributed by atoms with Crippen molar-refractivity contribution in [3.05, 3.63) is 118 Å². The van der Waals surface area contributed by atoms with Crippen molar-refractivity contribution in [3.63, 3.8) is 0 Å². The lowest BCUT2D eigenvalue weighted by molar-refractivity contribution is -0.140. The maximum absolute atomic E-state index is 11.6. The molecule has 41 heavy (non-hydrogen) atoms.